The Kier molecular flexibility index (Phi) is 6.42. The average Bonchev–Trinajstić information content (AvgIpc) is 3.26. The smallest absolute Gasteiger partial charge is 0.159 e. The first-order valence-electron chi connectivity index (χ1n) is 12.7. The first-order chi connectivity index (χ1) is 18.5. The molecule has 194 valence electrons. The minimum Gasteiger partial charge on any atom is -0.352 e. The number of piperazine rings is 1. The molecule has 1 atom stereocenters. The van der Waals surface area contributed by atoms with Crippen molar-refractivity contribution in [2.24, 2.45) is 12.8 Å². The van der Waals surface area contributed by atoms with Crippen LogP contribution in [0.15, 0.2) is 61.2 Å². The van der Waals surface area contributed by atoms with Crippen LogP contribution >= 0.6 is 0 Å². The van der Waals surface area contributed by atoms with Crippen LogP contribution in [0.3, 0.4) is 0 Å². The van der Waals surface area contributed by atoms with Gasteiger partial charge in [-0.1, -0.05) is 12.1 Å². The molecule has 1 aliphatic rings. The molecule has 0 amide bonds. The number of pyridine rings is 2. The van der Waals surface area contributed by atoms with Crippen LogP contribution < -0.4 is 10.6 Å². The predicted molar refractivity (Wildman–Crippen MR) is 143 cm³/mol. The molecule has 10 heteroatoms. The Labute approximate surface area is 218 Å². The van der Waals surface area contributed by atoms with Crippen LogP contribution in [0.25, 0.3) is 21.9 Å². The van der Waals surface area contributed by atoms with Crippen LogP contribution in [0.4, 0.5) is 14.6 Å². The van der Waals surface area contributed by atoms with E-state index in [9.17, 15) is 8.78 Å². The fourth-order valence-corrected chi connectivity index (χ4v) is 5.30. The van der Waals surface area contributed by atoms with Gasteiger partial charge in [0.1, 0.15) is 17.4 Å². The topological polar surface area (TPSA) is 89.0 Å². The highest BCUT2D eigenvalue weighted by molar-refractivity contribution is 6.10. The van der Waals surface area contributed by atoms with E-state index in [0.717, 1.165) is 77.4 Å². The number of hydrogen-bond acceptors (Lipinski definition) is 7. The van der Waals surface area contributed by atoms with Gasteiger partial charge in [-0.2, -0.15) is 0 Å². The van der Waals surface area contributed by atoms with Crippen LogP contribution in [0.5, 0.6) is 0 Å². The number of aryl methyl sites for hydroxylation is 1. The predicted octanol–water partition coefficient (Wildman–Crippen LogP) is 3.60. The third kappa shape index (κ3) is 4.35. The van der Waals surface area contributed by atoms with E-state index in [1.807, 2.05) is 31.3 Å². The molecule has 0 aliphatic carbocycles. The van der Waals surface area contributed by atoms with Crippen LogP contribution in [-0.4, -0.2) is 62.1 Å². The van der Waals surface area contributed by atoms with Gasteiger partial charge in [-0.05, 0) is 42.3 Å². The lowest BCUT2D eigenvalue weighted by atomic mass is 10.1. The van der Waals surface area contributed by atoms with Gasteiger partial charge in [0.25, 0.3) is 0 Å². The maximum atomic E-state index is 13.6. The second-order valence-corrected chi connectivity index (χ2v) is 9.60. The molecule has 1 aromatic carbocycles. The molecule has 0 spiro atoms. The molecule has 5 aromatic rings. The minimum atomic E-state index is -0.812. The van der Waals surface area contributed by atoms with E-state index in [4.69, 9.17) is 10.7 Å². The largest absolute Gasteiger partial charge is 0.352 e. The highest BCUT2D eigenvalue weighted by Gasteiger charge is 2.25. The summed E-state index contributed by atoms with van der Waals surface area (Å²) in [6.45, 7) is 4.06. The third-order valence-corrected chi connectivity index (χ3v) is 7.37. The maximum absolute atomic E-state index is 13.6. The molecule has 8 nitrogen and oxygen atoms in total. The fraction of sp³-hybridized carbons (Fsp3) is 0.286. The summed E-state index contributed by atoms with van der Waals surface area (Å²) in [4.78, 5) is 23.1. The lowest BCUT2D eigenvalue weighted by Gasteiger charge is -2.35. The quantitative estimate of drug-likeness (QED) is 0.370. The van der Waals surface area contributed by atoms with Crippen LogP contribution in [0, 0.1) is 11.6 Å². The van der Waals surface area contributed by atoms with E-state index >= 15 is 0 Å². The van der Waals surface area contributed by atoms with Crippen molar-refractivity contribution in [3.8, 4) is 0 Å². The van der Waals surface area contributed by atoms with Gasteiger partial charge in [-0.3, -0.25) is 14.9 Å². The van der Waals surface area contributed by atoms with Crippen molar-refractivity contribution in [2.45, 2.75) is 12.5 Å². The number of nitrogens with zero attached hydrogens (tertiary/aromatic N) is 7. The first kappa shape index (κ1) is 24.3. The van der Waals surface area contributed by atoms with E-state index in [1.165, 1.54) is 12.1 Å². The van der Waals surface area contributed by atoms with Crippen molar-refractivity contribution in [1.82, 2.24) is 29.4 Å². The zero-order chi connectivity index (χ0) is 26.2. The molecule has 0 radical (unpaired) electrons. The summed E-state index contributed by atoms with van der Waals surface area (Å²) in [6.07, 6.45) is 5.79. The number of nitrogens with two attached hydrogens (primary N) is 1. The summed E-state index contributed by atoms with van der Waals surface area (Å²) in [5.74, 6) is -0.728. The van der Waals surface area contributed by atoms with Gasteiger partial charge in [0.15, 0.2) is 17.5 Å². The minimum absolute atomic E-state index is 0.484. The number of halogens is 2. The van der Waals surface area contributed by atoms with Crippen molar-refractivity contribution in [1.29, 1.82) is 0 Å². The van der Waals surface area contributed by atoms with E-state index in [-0.39, 0.29) is 0 Å². The van der Waals surface area contributed by atoms with E-state index < -0.39 is 17.7 Å². The molecule has 0 bridgehead atoms. The second kappa shape index (κ2) is 10.0. The molecular formula is C28H28F2N8. The standard InChI is InChI=1S/C28H28F2N8/c1-36-22-7-10-33-25(24(31)21-4-2-3-9-32-21)23(22)26-27(36)28(35-17-34-26)38-14-12-37(13-15-38)11-8-18-5-6-19(29)20(30)16-18/h2-7,9-10,16-17,24H,8,11-15,31H2,1H3. The van der Waals surface area contributed by atoms with Crippen molar-refractivity contribution in [3.05, 3.63) is 89.8 Å². The van der Waals surface area contributed by atoms with Crippen molar-refractivity contribution >= 4 is 27.8 Å². The fourth-order valence-electron chi connectivity index (χ4n) is 5.30. The maximum Gasteiger partial charge on any atom is 0.159 e. The van der Waals surface area contributed by atoms with Crippen LogP contribution in [0.1, 0.15) is 23.0 Å². The van der Waals surface area contributed by atoms with Crippen LogP contribution in [-0.2, 0) is 13.5 Å². The number of fused-ring (bicyclic) bond motifs is 3. The van der Waals surface area contributed by atoms with Gasteiger partial charge in [0.2, 0.25) is 0 Å². The molecule has 6 rings (SSSR count). The Hall–Kier alpha value is -4.02. The monoisotopic (exact) mass is 514 g/mol. The summed E-state index contributed by atoms with van der Waals surface area (Å²) in [5.41, 5.74) is 11.7. The Bertz CT molecular complexity index is 1600. The summed E-state index contributed by atoms with van der Waals surface area (Å²) in [6, 6.07) is 11.3. The Balaban J connectivity index is 1.26. The molecule has 1 fully saturated rings. The number of hydrogen-bond donors (Lipinski definition) is 1. The number of anilines is 1. The number of aromatic nitrogens is 5. The Morgan fingerprint density at radius 3 is 2.53 bits per heavy atom. The lowest BCUT2D eigenvalue weighted by molar-refractivity contribution is 0.260. The molecule has 1 aliphatic heterocycles. The van der Waals surface area contributed by atoms with Crippen molar-refractivity contribution < 1.29 is 8.78 Å². The van der Waals surface area contributed by atoms with E-state index in [0.29, 0.717) is 6.42 Å². The normalized spacial score (nSPS) is 15.4. The molecule has 4 aromatic heterocycles. The zero-order valence-corrected chi connectivity index (χ0v) is 21.1. The summed E-state index contributed by atoms with van der Waals surface area (Å²) >= 11 is 0. The van der Waals surface area contributed by atoms with Crippen molar-refractivity contribution in [3.63, 3.8) is 0 Å². The molecule has 1 saturated heterocycles. The van der Waals surface area contributed by atoms with E-state index in [2.05, 4.69) is 29.3 Å². The van der Waals surface area contributed by atoms with Crippen LogP contribution in [0.2, 0.25) is 0 Å². The average molecular weight is 515 g/mol. The summed E-state index contributed by atoms with van der Waals surface area (Å²) in [7, 11) is 2.02. The van der Waals surface area contributed by atoms with Gasteiger partial charge in [0.05, 0.1) is 22.9 Å². The zero-order valence-electron chi connectivity index (χ0n) is 21.1. The highest BCUT2D eigenvalue weighted by atomic mass is 19.2. The number of rotatable bonds is 6. The molecule has 0 saturated carbocycles. The SMILES string of the molecule is Cn1c2ccnc(C(N)c3ccccn3)c2c2ncnc(N3CCN(CCc4ccc(F)c(F)c4)CC3)c21. The Morgan fingerprint density at radius 1 is 0.921 bits per heavy atom. The molecule has 2 N–H and O–H groups in total. The van der Waals surface area contributed by atoms with Crippen molar-refractivity contribution in [2.75, 3.05) is 37.6 Å². The lowest BCUT2D eigenvalue weighted by Crippen LogP contribution is -2.47. The second-order valence-electron chi connectivity index (χ2n) is 9.60. The third-order valence-electron chi connectivity index (χ3n) is 7.37. The van der Waals surface area contributed by atoms with Gasteiger partial charge in [-0.15, -0.1) is 0 Å². The van der Waals surface area contributed by atoms with Gasteiger partial charge >= 0.3 is 0 Å². The highest BCUT2D eigenvalue weighted by Crippen LogP contribution is 2.35. The van der Waals surface area contributed by atoms with Gasteiger partial charge in [0, 0.05) is 57.6 Å². The molecule has 1 unspecified atom stereocenters. The summed E-state index contributed by atoms with van der Waals surface area (Å²) < 4.78 is 28.9. The Morgan fingerprint density at radius 2 is 1.76 bits per heavy atom. The molecule has 5 heterocycles. The first-order valence-corrected chi connectivity index (χ1v) is 12.7. The summed E-state index contributed by atoms with van der Waals surface area (Å²) in [5, 5.41) is 0.914. The van der Waals surface area contributed by atoms with Gasteiger partial charge < -0.3 is 15.2 Å². The van der Waals surface area contributed by atoms with E-state index in [1.54, 1.807) is 24.8 Å². The van der Waals surface area contributed by atoms with Gasteiger partial charge in [-0.25, -0.2) is 18.7 Å². The number of benzene rings is 1. The molecule has 38 heavy (non-hydrogen) atoms. The molecular weight excluding hydrogens is 486 g/mol.